The van der Waals surface area contributed by atoms with Crippen LogP contribution in [0.3, 0.4) is 0 Å². The number of halogens is 1. The van der Waals surface area contributed by atoms with Gasteiger partial charge in [0.25, 0.3) is 5.91 Å². The first-order chi connectivity index (χ1) is 9.54. The minimum Gasteiger partial charge on any atom is -0.398 e. The van der Waals surface area contributed by atoms with E-state index in [-0.39, 0.29) is 5.91 Å². The Bertz CT molecular complexity index is 531. The summed E-state index contributed by atoms with van der Waals surface area (Å²) in [6.45, 7) is 0.871. The lowest BCUT2D eigenvalue weighted by Crippen LogP contribution is -2.34. The molecular formula is C16H21BrN2O. The van der Waals surface area contributed by atoms with E-state index >= 15 is 0 Å². The number of carbonyl (C=O) groups excluding carboxylic acids is 1. The molecule has 1 aromatic rings. The molecule has 1 amide bonds. The van der Waals surface area contributed by atoms with Crippen LogP contribution in [0.15, 0.2) is 22.7 Å². The van der Waals surface area contributed by atoms with Crippen LogP contribution in [0.1, 0.15) is 36.0 Å². The zero-order chi connectivity index (χ0) is 14.3. The number of benzene rings is 1. The highest BCUT2D eigenvalue weighted by Crippen LogP contribution is 2.48. The third-order valence-corrected chi connectivity index (χ3v) is 5.48. The highest BCUT2D eigenvalue weighted by atomic mass is 79.9. The van der Waals surface area contributed by atoms with Gasteiger partial charge in [0.1, 0.15) is 0 Å². The summed E-state index contributed by atoms with van der Waals surface area (Å²) in [4.78, 5) is 14.4. The summed E-state index contributed by atoms with van der Waals surface area (Å²) in [5.74, 6) is 2.50. The lowest BCUT2D eigenvalue weighted by Gasteiger charge is -2.27. The third kappa shape index (κ3) is 2.58. The molecule has 0 saturated heterocycles. The molecule has 108 valence electrons. The first-order valence-electron chi connectivity index (χ1n) is 7.35. The van der Waals surface area contributed by atoms with Gasteiger partial charge in [-0.2, -0.15) is 0 Å². The van der Waals surface area contributed by atoms with Gasteiger partial charge in [0, 0.05) is 23.8 Å². The van der Waals surface area contributed by atoms with Gasteiger partial charge in [0.05, 0.1) is 5.56 Å². The molecule has 2 saturated carbocycles. The predicted octanol–water partition coefficient (Wildman–Crippen LogP) is 3.54. The SMILES string of the molecule is CN(CC1CC2CCC1C2)C(=O)c1ccc(Br)cc1N. The van der Waals surface area contributed by atoms with Crippen molar-refractivity contribution in [1.82, 2.24) is 4.90 Å². The first-order valence-corrected chi connectivity index (χ1v) is 8.14. The van der Waals surface area contributed by atoms with Crippen LogP contribution >= 0.6 is 15.9 Å². The summed E-state index contributed by atoms with van der Waals surface area (Å²) >= 11 is 3.37. The van der Waals surface area contributed by atoms with E-state index in [1.54, 1.807) is 12.1 Å². The molecule has 2 aliphatic rings. The number of rotatable bonds is 3. The van der Waals surface area contributed by atoms with Crippen LogP contribution in [0.25, 0.3) is 0 Å². The van der Waals surface area contributed by atoms with E-state index in [0.29, 0.717) is 17.2 Å². The highest BCUT2D eigenvalue weighted by molar-refractivity contribution is 9.10. The van der Waals surface area contributed by atoms with Crippen LogP contribution in [0, 0.1) is 17.8 Å². The lowest BCUT2D eigenvalue weighted by atomic mass is 9.88. The van der Waals surface area contributed by atoms with Gasteiger partial charge in [-0.25, -0.2) is 0 Å². The van der Waals surface area contributed by atoms with Crippen LogP contribution in [-0.4, -0.2) is 24.4 Å². The molecule has 20 heavy (non-hydrogen) atoms. The van der Waals surface area contributed by atoms with Gasteiger partial charge in [0.2, 0.25) is 0 Å². The molecule has 0 aromatic heterocycles. The number of nitrogens with two attached hydrogens (primary N) is 1. The number of amides is 1. The molecule has 4 heteroatoms. The second kappa shape index (κ2) is 5.40. The Morgan fingerprint density at radius 2 is 2.20 bits per heavy atom. The van der Waals surface area contributed by atoms with Crippen molar-refractivity contribution in [2.24, 2.45) is 17.8 Å². The Morgan fingerprint density at radius 3 is 2.80 bits per heavy atom. The van der Waals surface area contributed by atoms with E-state index < -0.39 is 0 Å². The number of anilines is 1. The third-order valence-electron chi connectivity index (χ3n) is 4.98. The Morgan fingerprint density at radius 1 is 1.40 bits per heavy atom. The van der Waals surface area contributed by atoms with Crippen molar-refractivity contribution in [3.05, 3.63) is 28.2 Å². The lowest BCUT2D eigenvalue weighted by molar-refractivity contribution is 0.0755. The largest absolute Gasteiger partial charge is 0.398 e. The molecular weight excluding hydrogens is 316 g/mol. The van der Waals surface area contributed by atoms with Crippen LogP contribution in [-0.2, 0) is 0 Å². The summed E-state index contributed by atoms with van der Waals surface area (Å²) in [6, 6.07) is 5.46. The van der Waals surface area contributed by atoms with E-state index in [4.69, 9.17) is 5.73 Å². The highest BCUT2D eigenvalue weighted by Gasteiger charge is 2.40. The summed E-state index contributed by atoms with van der Waals surface area (Å²) in [5, 5.41) is 0. The molecule has 2 bridgehead atoms. The van der Waals surface area contributed by atoms with Crippen molar-refractivity contribution >= 4 is 27.5 Å². The van der Waals surface area contributed by atoms with E-state index in [2.05, 4.69) is 15.9 Å². The number of hydrogen-bond acceptors (Lipinski definition) is 2. The molecule has 3 atom stereocenters. The van der Waals surface area contributed by atoms with Gasteiger partial charge in [-0.1, -0.05) is 22.4 Å². The average Bonchev–Trinajstić information content (AvgIpc) is 3.00. The second-order valence-electron chi connectivity index (χ2n) is 6.35. The van der Waals surface area contributed by atoms with Gasteiger partial charge in [0.15, 0.2) is 0 Å². The maximum atomic E-state index is 12.5. The molecule has 3 nitrogen and oxygen atoms in total. The topological polar surface area (TPSA) is 46.3 Å². The van der Waals surface area contributed by atoms with Crippen LogP contribution in [0.2, 0.25) is 0 Å². The van der Waals surface area contributed by atoms with Gasteiger partial charge < -0.3 is 10.6 Å². The number of hydrogen-bond donors (Lipinski definition) is 1. The Hall–Kier alpha value is -1.03. The predicted molar refractivity (Wildman–Crippen MR) is 84.5 cm³/mol. The summed E-state index contributed by atoms with van der Waals surface area (Å²) in [6.07, 6.45) is 5.45. The Labute approximate surface area is 128 Å². The molecule has 0 heterocycles. The van der Waals surface area contributed by atoms with E-state index in [1.165, 1.54) is 25.7 Å². The zero-order valence-corrected chi connectivity index (χ0v) is 13.4. The number of nitrogens with zero attached hydrogens (tertiary/aromatic N) is 1. The Kier molecular flexibility index (Phi) is 3.76. The summed E-state index contributed by atoms with van der Waals surface area (Å²) in [7, 11) is 1.90. The van der Waals surface area contributed by atoms with Crippen molar-refractivity contribution in [1.29, 1.82) is 0 Å². The Balaban J connectivity index is 1.67. The van der Waals surface area contributed by atoms with Crippen LogP contribution in [0.5, 0.6) is 0 Å². The molecule has 2 fully saturated rings. The van der Waals surface area contributed by atoms with E-state index in [9.17, 15) is 4.79 Å². The van der Waals surface area contributed by atoms with Gasteiger partial charge in [-0.15, -0.1) is 0 Å². The second-order valence-corrected chi connectivity index (χ2v) is 7.27. The fourth-order valence-corrected chi connectivity index (χ4v) is 4.35. The van der Waals surface area contributed by atoms with Gasteiger partial charge >= 0.3 is 0 Å². The number of fused-ring (bicyclic) bond motifs is 2. The number of carbonyl (C=O) groups is 1. The fraction of sp³-hybridized carbons (Fsp3) is 0.562. The molecule has 3 unspecified atom stereocenters. The molecule has 0 radical (unpaired) electrons. The van der Waals surface area contributed by atoms with Crippen molar-refractivity contribution in [2.75, 3.05) is 19.3 Å². The molecule has 2 aliphatic carbocycles. The minimum absolute atomic E-state index is 0.0396. The maximum absolute atomic E-state index is 12.5. The van der Waals surface area contributed by atoms with Crippen LogP contribution < -0.4 is 5.73 Å². The van der Waals surface area contributed by atoms with Crippen molar-refractivity contribution in [3.8, 4) is 0 Å². The van der Waals surface area contributed by atoms with E-state index in [1.807, 2.05) is 18.0 Å². The van der Waals surface area contributed by atoms with E-state index in [0.717, 1.165) is 22.9 Å². The first kappa shape index (κ1) is 13.9. The molecule has 0 aliphatic heterocycles. The zero-order valence-electron chi connectivity index (χ0n) is 11.8. The molecule has 3 rings (SSSR count). The molecule has 0 spiro atoms. The van der Waals surface area contributed by atoms with Crippen molar-refractivity contribution < 1.29 is 4.79 Å². The smallest absolute Gasteiger partial charge is 0.255 e. The fourth-order valence-electron chi connectivity index (χ4n) is 3.97. The maximum Gasteiger partial charge on any atom is 0.255 e. The summed E-state index contributed by atoms with van der Waals surface area (Å²) in [5.41, 5.74) is 7.11. The quantitative estimate of drug-likeness (QED) is 0.858. The molecule has 2 N–H and O–H groups in total. The monoisotopic (exact) mass is 336 g/mol. The normalized spacial score (nSPS) is 27.8. The average molecular weight is 337 g/mol. The minimum atomic E-state index is 0.0396. The van der Waals surface area contributed by atoms with Gasteiger partial charge in [-0.3, -0.25) is 4.79 Å². The van der Waals surface area contributed by atoms with Crippen LogP contribution in [0.4, 0.5) is 5.69 Å². The van der Waals surface area contributed by atoms with Crippen molar-refractivity contribution in [2.45, 2.75) is 25.7 Å². The standard InChI is InChI=1S/C16H21BrN2O/c1-19(9-12-7-10-2-3-11(12)6-10)16(20)14-5-4-13(17)8-15(14)18/h4-5,8,10-12H,2-3,6-7,9,18H2,1H3. The van der Waals surface area contributed by atoms with Crippen molar-refractivity contribution in [3.63, 3.8) is 0 Å². The molecule has 1 aromatic carbocycles. The number of nitrogen functional groups attached to an aromatic ring is 1. The van der Waals surface area contributed by atoms with Gasteiger partial charge in [-0.05, 0) is 55.2 Å². The summed E-state index contributed by atoms with van der Waals surface area (Å²) < 4.78 is 0.905.